The Morgan fingerprint density at radius 3 is 2.76 bits per heavy atom. The number of benzene rings is 2. The maximum absolute atomic E-state index is 13.6. The zero-order valence-electron chi connectivity index (χ0n) is 18.0. The molecule has 8 heteroatoms. The van der Waals surface area contributed by atoms with Crippen molar-refractivity contribution in [3.8, 4) is 11.3 Å². The lowest BCUT2D eigenvalue weighted by molar-refractivity contribution is 0.589. The lowest BCUT2D eigenvalue weighted by atomic mass is 10.1. The van der Waals surface area contributed by atoms with Gasteiger partial charge in [0, 0.05) is 60.2 Å². The Bertz CT molecular complexity index is 1330. The van der Waals surface area contributed by atoms with Crippen LogP contribution in [0.3, 0.4) is 0 Å². The van der Waals surface area contributed by atoms with E-state index in [9.17, 15) is 4.39 Å². The summed E-state index contributed by atoms with van der Waals surface area (Å²) in [4.78, 5) is 14.7. The molecule has 0 bridgehead atoms. The molecular formula is C25H24ClFN6. The Morgan fingerprint density at radius 2 is 1.94 bits per heavy atom. The van der Waals surface area contributed by atoms with E-state index in [1.54, 1.807) is 18.5 Å². The molecule has 168 valence electrons. The minimum atomic E-state index is -0.289. The fraction of sp³-hybridized carbons (Fsp3) is 0.280. The van der Waals surface area contributed by atoms with Crippen molar-refractivity contribution in [3.63, 3.8) is 0 Å². The Balaban J connectivity index is 1.35. The summed E-state index contributed by atoms with van der Waals surface area (Å²) in [7, 11) is 0. The zero-order chi connectivity index (χ0) is 22.4. The van der Waals surface area contributed by atoms with Gasteiger partial charge in [0.25, 0.3) is 0 Å². The van der Waals surface area contributed by atoms with Gasteiger partial charge in [0.2, 0.25) is 5.95 Å². The van der Waals surface area contributed by atoms with E-state index in [-0.39, 0.29) is 5.82 Å². The van der Waals surface area contributed by atoms with Crippen molar-refractivity contribution in [2.24, 2.45) is 0 Å². The molecule has 1 aliphatic carbocycles. The van der Waals surface area contributed by atoms with Crippen LogP contribution in [-0.4, -0.2) is 41.1 Å². The van der Waals surface area contributed by atoms with E-state index in [2.05, 4.69) is 43.7 Å². The summed E-state index contributed by atoms with van der Waals surface area (Å²) < 4.78 is 13.6. The van der Waals surface area contributed by atoms with Gasteiger partial charge in [0.05, 0.1) is 16.9 Å². The second-order valence-electron chi connectivity index (χ2n) is 8.73. The highest BCUT2D eigenvalue weighted by atomic mass is 35.5. The minimum absolute atomic E-state index is 0.289. The molecule has 2 aliphatic rings. The van der Waals surface area contributed by atoms with Crippen molar-refractivity contribution in [2.75, 3.05) is 36.4 Å². The molecular weight excluding hydrogens is 439 g/mol. The summed E-state index contributed by atoms with van der Waals surface area (Å²) in [5.41, 5.74) is 5.69. The van der Waals surface area contributed by atoms with Crippen LogP contribution in [0.15, 0.2) is 48.8 Å². The Kier molecular flexibility index (Phi) is 5.15. The number of aromatic amines is 1. The number of anilines is 3. The molecule has 1 saturated heterocycles. The van der Waals surface area contributed by atoms with Gasteiger partial charge < -0.3 is 20.5 Å². The molecule has 33 heavy (non-hydrogen) atoms. The van der Waals surface area contributed by atoms with Gasteiger partial charge in [-0.1, -0.05) is 11.6 Å². The number of halogens is 2. The normalized spacial score (nSPS) is 16.4. The standard InChI is InChI=1S/C25H24ClFN6/c26-22-14-30-25(32-24(22)21-13-29-23-11-17(27)3-4-20(21)23)31-18-9-16(15-1-2-15)10-19(12-18)33-7-5-28-6-8-33/h3-4,9-15,28-29H,1-2,5-8H2,(H,30,31,32). The third-order valence-electron chi connectivity index (χ3n) is 6.37. The quantitative estimate of drug-likeness (QED) is 0.368. The molecule has 1 aliphatic heterocycles. The van der Waals surface area contributed by atoms with Crippen molar-refractivity contribution in [1.29, 1.82) is 0 Å². The fourth-order valence-electron chi connectivity index (χ4n) is 4.50. The van der Waals surface area contributed by atoms with Crippen LogP contribution >= 0.6 is 11.6 Å². The molecule has 2 fully saturated rings. The molecule has 0 radical (unpaired) electrons. The highest BCUT2D eigenvalue weighted by Gasteiger charge is 2.25. The number of nitrogens with one attached hydrogen (secondary N) is 3. The molecule has 0 unspecified atom stereocenters. The lowest BCUT2D eigenvalue weighted by Crippen LogP contribution is -2.43. The first kappa shape index (κ1) is 20.4. The number of hydrogen-bond acceptors (Lipinski definition) is 5. The van der Waals surface area contributed by atoms with Gasteiger partial charge in [0.1, 0.15) is 5.82 Å². The Hall–Kier alpha value is -3.16. The number of hydrogen-bond donors (Lipinski definition) is 3. The molecule has 0 amide bonds. The third kappa shape index (κ3) is 4.14. The monoisotopic (exact) mass is 462 g/mol. The number of piperazine rings is 1. The molecule has 2 aromatic heterocycles. The SMILES string of the molecule is Fc1ccc2c(-c3nc(Nc4cc(C5CC5)cc(N5CCNCC5)c4)ncc3Cl)c[nH]c2c1. The second-order valence-corrected chi connectivity index (χ2v) is 9.14. The van der Waals surface area contributed by atoms with Crippen molar-refractivity contribution in [1.82, 2.24) is 20.3 Å². The Morgan fingerprint density at radius 1 is 1.09 bits per heavy atom. The molecule has 6 rings (SSSR count). The summed E-state index contributed by atoms with van der Waals surface area (Å²) in [5, 5.41) is 8.12. The van der Waals surface area contributed by atoms with Gasteiger partial charge in [0.15, 0.2) is 0 Å². The summed E-state index contributed by atoms with van der Waals surface area (Å²) in [6.45, 7) is 3.98. The molecule has 4 aromatic rings. The number of rotatable bonds is 5. The molecule has 0 spiro atoms. The maximum Gasteiger partial charge on any atom is 0.227 e. The van der Waals surface area contributed by atoms with Crippen LogP contribution in [0.5, 0.6) is 0 Å². The van der Waals surface area contributed by atoms with Crippen LogP contribution in [0.25, 0.3) is 22.2 Å². The molecule has 2 aromatic carbocycles. The first-order valence-electron chi connectivity index (χ1n) is 11.3. The zero-order valence-corrected chi connectivity index (χ0v) is 18.8. The van der Waals surface area contributed by atoms with Crippen LogP contribution in [0.4, 0.5) is 21.7 Å². The van der Waals surface area contributed by atoms with Gasteiger partial charge in [-0.3, -0.25) is 0 Å². The third-order valence-corrected chi connectivity index (χ3v) is 6.65. The first-order chi connectivity index (χ1) is 16.1. The molecule has 3 N–H and O–H groups in total. The molecule has 3 heterocycles. The van der Waals surface area contributed by atoms with Crippen LogP contribution in [0, 0.1) is 5.82 Å². The smallest absolute Gasteiger partial charge is 0.227 e. The van der Waals surface area contributed by atoms with E-state index in [1.807, 2.05) is 0 Å². The summed E-state index contributed by atoms with van der Waals surface area (Å²) in [5.74, 6) is 0.828. The summed E-state index contributed by atoms with van der Waals surface area (Å²) >= 11 is 6.47. The highest BCUT2D eigenvalue weighted by molar-refractivity contribution is 6.33. The molecule has 0 atom stereocenters. The van der Waals surface area contributed by atoms with Gasteiger partial charge in [-0.05, 0) is 60.7 Å². The van der Waals surface area contributed by atoms with Gasteiger partial charge >= 0.3 is 0 Å². The number of H-pyrrole nitrogens is 1. The second kappa shape index (κ2) is 8.32. The van der Waals surface area contributed by atoms with E-state index >= 15 is 0 Å². The van der Waals surface area contributed by atoms with Crippen molar-refractivity contribution in [2.45, 2.75) is 18.8 Å². The topological polar surface area (TPSA) is 68.9 Å². The van der Waals surface area contributed by atoms with Crippen molar-refractivity contribution in [3.05, 3.63) is 65.2 Å². The van der Waals surface area contributed by atoms with E-state index in [0.29, 0.717) is 28.1 Å². The van der Waals surface area contributed by atoms with Gasteiger partial charge in [-0.15, -0.1) is 0 Å². The van der Waals surface area contributed by atoms with E-state index in [0.717, 1.165) is 42.8 Å². The first-order valence-corrected chi connectivity index (χ1v) is 11.7. The van der Waals surface area contributed by atoms with Gasteiger partial charge in [-0.25, -0.2) is 14.4 Å². The van der Waals surface area contributed by atoms with Crippen molar-refractivity contribution >= 4 is 39.8 Å². The predicted octanol–water partition coefficient (Wildman–Crippen LogP) is 5.45. The maximum atomic E-state index is 13.6. The highest BCUT2D eigenvalue weighted by Crippen LogP contribution is 2.43. The number of fused-ring (bicyclic) bond motifs is 1. The molecule has 6 nitrogen and oxygen atoms in total. The fourth-order valence-corrected chi connectivity index (χ4v) is 4.70. The average Bonchev–Trinajstić information content (AvgIpc) is 3.61. The van der Waals surface area contributed by atoms with Crippen LogP contribution < -0.4 is 15.5 Å². The van der Waals surface area contributed by atoms with E-state index in [1.165, 1.54) is 36.2 Å². The van der Waals surface area contributed by atoms with E-state index < -0.39 is 0 Å². The Labute approximate surface area is 196 Å². The van der Waals surface area contributed by atoms with Crippen molar-refractivity contribution < 1.29 is 4.39 Å². The average molecular weight is 463 g/mol. The van der Waals surface area contributed by atoms with E-state index in [4.69, 9.17) is 16.6 Å². The van der Waals surface area contributed by atoms with Crippen LogP contribution in [0.2, 0.25) is 5.02 Å². The van der Waals surface area contributed by atoms with Crippen LogP contribution in [0.1, 0.15) is 24.3 Å². The number of aromatic nitrogens is 3. The summed E-state index contributed by atoms with van der Waals surface area (Å²) in [6, 6.07) is 11.3. The number of nitrogens with zero attached hydrogens (tertiary/aromatic N) is 3. The largest absolute Gasteiger partial charge is 0.369 e. The molecule has 1 saturated carbocycles. The minimum Gasteiger partial charge on any atom is -0.369 e. The van der Waals surface area contributed by atoms with Gasteiger partial charge in [-0.2, -0.15) is 0 Å². The van der Waals surface area contributed by atoms with Crippen LogP contribution in [-0.2, 0) is 0 Å². The summed E-state index contributed by atoms with van der Waals surface area (Å²) in [6.07, 6.45) is 5.90. The predicted molar refractivity (Wildman–Crippen MR) is 131 cm³/mol. The lowest BCUT2D eigenvalue weighted by Gasteiger charge is -2.30.